The molecule has 7 aromatic carbocycles. The highest BCUT2D eigenvalue weighted by Gasteiger charge is 2.27. The molecule has 2 heterocycles. The van der Waals surface area contributed by atoms with E-state index >= 15 is 0 Å². The molecule has 0 saturated carbocycles. The first-order chi connectivity index (χ1) is 24.8. The molecule has 0 N–H and O–H groups in total. The zero-order valence-corrected chi connectivity index (χ0v) is 28.1. The molecular formula is C47H32N2S. The summed E-state index contributed by atoms with van der Waals surface area (Å²) >= 11 is 1.74. The number of nitrogens with zero attached hydrogens (tertiary/aromatic N) is 2. The summed E-state index contributed by atoms with van der Waals surface area (Å²) in [5.74, 6) is 0. The van der Waals surface area contributed by atoms with Gasteiger partial charge in [0.15, 0.2) is 0 Å². The van der Waals surface area contributed by atoms with Crippen molar-refractivity contribution in [3.8, 4) is 72.2 Å². The predicted octanol–water partition coefficient (Wildman–Crippen LogP) is 13.1. The quantitative estimate of drug-likeness (QED) is 0.167. The molecule has 9 rings (SSSR count). The second kappa shape index (κ2) is 13.0. The van der Waals surface area contributed by atoms with Crippen LogP contribution in [0.15, 0.2) is 194 Å². The maximum Gasteiger partial charge on any atom is 0.124 e. The Kier molecular flexibility index (Phi) is 7.73. The fraction of sp³-hybridized carbons (Fsp3) is 0. The Balaban J connectivity index is 1.23. The van der Waals surface area contributed by atoms with Gasteiger partial charge in [0.2, 0.25) is 0 Å². The van der Waals surface area contributed by atoms with Crippen LogP contribution in [0.25, 0.3) is 82.4 Å². The van der Waals surface area contributed by atoms with E-state index in [2.05, 4.69) is 193 Å². The van der Waals surface area contributed by atoms with Crippen molar-refractivity contribution < 1.29 is 0 Å². The predicted molar refractivity (Wildman–Crippen MR) is 212 cm³/mol. The lowest BCUT2D eigenvalue weighted by atomic mass is 9.91. The van der Waals surface area contributed by atoms with Crippen molar-refractivity contribution in [3.63, 3.8) is 0 Å². The van der Waals surface area contributed by atoms with Gasteiger partial charge in [-0.3, -0.25) is 0 Å². The molecule has 0 aliphatic carbocycles. The van der Waals surface area contributed by atoms with E-state index in [-0.39, 0.29) is 0 Å². The van der Waals surface area contributed by atoms with Crippen LogP contribution >= 0.6 is 11.3 Å². The van der Waals surface area contributed by atoms with E-state index in [1.54, 1.807) is 11.3 Å². The fourth-order valence-corrected chi connectivity index (χ4v) is 7.92. The second-order valence-electron chi connectivity index (χ2n) is 12.4. The maximum atomic E-state index is 4.87. The van der Waals surface area contributed by atoms with Gasteiger partial charge < -0.3 is 4.57 Å². The number of para-hydroxylation sites is 1. The molecule has 2 aromatic heterocycles. The largest absolute Gasteiger partial charge is 0.308 e. The van der Waals surface area contributed by atoms with Crippen LogP contribution in [0.1, 0.15) is 0 Å². The van der Waals surface area contributed by atoms with Gasteiger partial charge in [-0.15, -0.1) is 11.3 Å². The average molecular weight is 657 g/mol. The van der Waals surface area contributed by atoms with Gasteiger partial charge in [-0.05, 0) is 57.6 Å². The minimum atomic E-state index is 1.05. The van der Waals surface area contributed by atoms with Crippen molar-refractivity contribution in [1.82, 2.24) is 9.55 Å². The van der Waals surface area contributed by atoms with Crippen molar-refractivity contribution in [2.24, 2.45) is 0 Å². The van der Waals surface area contributed by atoms with Crippen LogP contribution in [0, 0.1) is 0 Å². The van der Waals surface area contributed by atoms with E-state index in [0.717, 1.165) is 21.8 Å². The fourth-order valence-electron chi connectivity index (χ4n) is 6.94. The minimum absolute atomic E-state index is 1.05. The Morgan fingerprint density at radius 2 is 0.740 bits per heavy atom. The third-order valence-corrected chi connectivity index (χ3v) is 10.4. The summed E-state index contributed by atoms with van der Waals surface area (Å²) in [7, 11) is 0. The lowest BCUT2D eigenvalue weighted by Crippen LogP contribution is -2.00. The molecule has 0 unspecified atom stereocenters. The normalized spacial score (nSPS) is 11.2. The van der Waals surface area contributed by atoms with E-state index < -0.39 is 0 Å². The standard InChI is InChI=1S/C47H32N2S/c1-5-15-35(16-6-1)43-44(36-17-7-2-8-18-36)46(38-21-11-4-12-22-38)49(45(43)37-19-9-3-10-20-37)40-31-29-34(30-32-40)33-25-27-39(28-26-33)47-48-41-23-13-14-24-42(41)50-47/h1-32H. The SMILES string of the molecule is c1ccc(-c2c(-c3ccccc3)c(-c3ccccc3)n(-c3ccc(-c4ccc(-c5nc6ccccc6s5)cc4)cc3)c2-c2ccccc2)cc1. The van der Waals surface area contributed by atoms with Crippen molar-refractivity contribution in [2.75, 3.05) is 0 Å². The van der Waals surface area contributed by atoms with Gasteiger partial charge in [-0.25, -0.2) is 4.98 Å². The van der Waals surface area contributed by atoms with Crippen LogP contribution < -0.4 is 0 Å². The van der Waals surface area contributed by atoms with Crippen molar-refractivity contribution in [2.45, 2.75) is 0 Å². The molecule has 0 radical (unpaired) electrons. The van der Waals surface area contributed by atoms with Crippen LogP contribution in [-0.4, -0.2) is 9.55 Å². The summed E-state index contributed by atoms with van der Waals surface area (Å²) < 4.78 is 3.68. The zero-order valence-electron chi connectivity index (χ0n) is 27.3. The van der Waals surface area contributed by atoms with Crippen molar-refractivity contribution >= 4 is 21.6 Å². The highest BCUT2D eigenvalue weighted by atomic mass is 32.1. The van der Waals surface area contributed by atoms with Gasteiger partial charge in [0.25, 0.3) is 0 Å². The number of hydrogen-bond acceptors (Lipinski definition) is 2. The Labute approximate surface area is 296 Å². The van der Waals surface area contributed by atoms with Crippen LogP contribution in [-0.2, 0) is 0 Å². The Bertz CT molecular complexity index is 2400. The van der Waals surface area contributed by atoms with Gasteiger partial charge in [-0.2, -0.15) is 0 Å². The molecule has 0 saturated heterocycles. The number of benzene rings is 7. The number of aromatic nitrogens is 2. The summed E-state index contributed by atoms with van der Waals surface area (Å²) in [5.41, 5.74) is 15.1. The first-order valence-corrected chi connectivity index (χ1v) is 17.7. The molecule has 0 fully saturated rings. The van der Waals surface area contributed by atoms with E-state index in [1.807, 2.05) is 6.07 Å². The van der Waals surface area contributed by atoms with Crippen molar-refractivity contribution in [3.05, 3.63) is 194 Å². The summed E-state index contributed by atoms with van der Waals surface area (Å²) in [6, 6.07) is 69.4. The first-order valence-electron chi connectivity index (χ1n) is 16.9. The molecule has 3 heteroatoms. The van der Waals surface area contributed by atoms with Gasteiger partial charge in [0.1, 0.15) is 5.01 Å². The summed E-state index contributed by atoms with van der Waals surface area (Å²) in [4.78, 5) is 4.87. The van der Waals surface area contributed by atoms with Crippen LogP contribution in [0.5, 0.6) is 0 Å². The summed E-state index contributed by atoms with van der Waals surface area (Å²) in [6.45, 7) is 0. The lowest BCUT2D eigenvalue weighted by Gasteiger charge is -2.16. The first kappa shape index (κ1) is 29.8. The molecule has 0 aliphatic rings. The highest BCUT2D eigenvalue weighted by molar-refractivity contribution is 7.21. The Morgan fingerprint density at radius 1 is 0.340 bits per heavy atom. The van der Waals surface area contributed by atoms with Crippen LogP contribution in [0.4, 0.5) is 0 Å². The molecule has 0 amide bonds. The summed E-state index contributed by atoms with van der Waals surface area (Å²) in [6.07, 6.45) is 0. The zero-order chi connectivity index (χ0) is 33.3. The van der Waals surface area contributed by atoms with Gasteiger partial charge in [-0.1, -0.05) is 170 Å². The number of rotatable bonds is 7. The third kappa shape index (κ3) is 5.44. The number of thiazole rings is 1. The average Bonchev–Trinajstić information content (AvgIpc) is 3.80. The smallest absolute Gasteiger partial charge is 0.124 e. The van der Waals surface area contributed by atoms with E-state index in [1.165, 1.54) is 60.6 Å². The maximum absolute atomic E-state index is 4.87. The summed E-state index contributed by atoms with van der Waals surface area (Å²) in [5, 5.41) is 1.05. The number of fused-ring (bicyclic) bond motifs is 1. The molecule has 50 heavy (non-hydrogen) atoms. The van der Waals surface area contributed by atoms with E-state index in [9.17, 15) is 0 Å². The molecule has 236 valence electrons. The van der Waals surface area contributed by atoms with Crippen molar-refractivity contribution in [1.29, 1.82) is 0 Å². The molecule has 0 aliphatic heterocycles. The molecule has 9 aromatic rings. The van der Waals surface area contributed by atoms with Gasteiger partial charge in [0, 0.05) is 22.4 Å². The monoisotopic (exact) mass is 656 g/mol. The highest BCUT2D eigenvalue weighted by Crippen LogP contribution is 2.49. The molecule has 0 spiro atoms. The Hall–Kier alpha value is -6.29. The Morgan fingerprint density at radius 3 is 1.22 bits per heavy atom. The number of hydrogen-bond donors (Lipinski definition) is 0. The van der Waals surface area contributed by atoms with E-state index in [4.69, 9.17) is 4.98 Å². The molecular weight excluding hydrogens is 625 g/mol. The van der Waals surface area contributed by atoms with E-state index in [0.29, 0.717) is 0 Å². The van der Waals surface area contributed by atoms with Crippen LogP contribution in [0.3, 0.4) is 0 Å². The molecule has 0 atom stereocenters. The topological polar surface area (TPSA) is 17.8 Å². The van der Waals surface area contributed by atoms with Gasteiger partial charge >= 0.3 is 0 Å². The molecule has 0 bridgehead atoms. The third-order valence-electron chi connectivity index (χ3n) is 9.27. The lowest BCUT2D eigenvalue weighted by molar-refractivity contribution is 1.10. The molecule has 2 nitrogen and oxygen atoms in total. The van der Waals surface area contributed by atoms with Crippen LogP contribution in [0.2, 0.25) is 0 Å². The van der Waals surface area contributed by atoms with Gasteiger partial charge in [0.05, 0.1) is 21.6 Å². The second-order valence-corrected chi connectivity index (χ2v) is 13.4. The minimum Gasteiger partial charge on any atom is -0.308 e.